The zero-order chi connectivity index (χ0) is 12.3. The molecule has 0 bridgehead atoms. The first-order valence-corrected chi connectivity index (χ1v) is 5.25. The van der Waals surface area contributed by atoms with Gasteiger partial charge in [0.05, 0.1) is 11.9 Å². The lowest BCUT2D eigenvalue weighted by Crippen LogP contribution is -1.86. The van der Waals surface area contributed by atoms with Gasteiger partial charge in [0.25, 0.3) is 0 Å². The van der Waals surface area contributed by atoms with Crippen LogP contribution in [-0.2, 0) is 4.79 Å². The summed E-state index contributed by atoms with van der Waals surface area (Å²) in [4.78, 5) is 10.5. The van der Waals surface area contributed by atoms with Crippen LogP contribution in [0, 0.1) is 0 Å². The topological polar surface area (TPSA) is 66.0 Å². The molecule has 0 unspecified atom stereocenters. The van der Waals surface area contributed by atoms with Crippen LogP contribution in [0.3, 0.4) is 0 Å². The van der Waals surface area contributed by atoms with E-state index < -0.39 is 5.97 Å². The molecule has 0 fully saturated rings. The number of carbonyl (C=O) groups is 1. The number of aliphatic carboxylic acids is 1. The van der Waals surface area contributed by atoms with Crippen LogP contribution in [0.4, 0.5) is 0 Å². The summed E-state index contributed by atoms with van der Waals surface area (Å²) < 4.78 is 0. The van der Waals surface area contributed by atoms with Crippen LogP contribution in [-0.4, -0.2) is 21.3 Å². The molecule has 5 heteroatoms. The van der Waals surface area contributed by atoms with Gasteiger partial charge in [0.15, 0.2) is 0 Å². The minimum absolute atomic E-state index is 0.649. The van der Waals surface area contributed by atoms with Crippen LogP contribution in [0.15, 0.2) is 36.5 Å². The SMILES string of the molecule is O=C(O)C=Cc1cn[nH]c1-c1ccc(Cl)cc1. The van der Waals surface area contributed by atoms with Gasteiger partial charge in [-0.15, -0.1) is 0 Å². The minimum atomic E-state index is -0.992. The highest BCUT2D eigenvalue weighted by atomic mass is 35.5. The number of hydrogen-bond acceptors (Lipinski definition) is 2. The van der Waals surface area contributed by atoms with Gasteiger partial charge in [-0.1, -0.05) is 23.7 Å². The summed E-state index contributed by atoms with van der Waals surface area (Å²) in [6.45, 7) is 0. The fourth-order valence-corrected chi connectivity index (χ4v) is 1.56. The Hall–Kier alpha value is -2.07. The van der Waals surface area contributed by atoms with Gasteiger partial charge < -0.3 is 5.11 Å². The molecule has 0 radical (unpaired) electrons. The van der Waals surface area contributed by atoms with Crippen molar-refractivity contribution in [3.05, 3.63) is 47.1 Å². The standard InChI is InChI=1S/C12H9ClN2O2/c13-10-4-1-8(2-5-10)12-9(7-14-15-12)3-6-11(16)17/h1-7H,(H,14,15)(H,16,17). The summed E-state index contributed by atoms with van der Waals surface area (Å²) in [7, 11) is 0. The molecule has 2 aromatic rings. The smallest absolute Gasteiger partial charge is 0.328 e. The van der Waals surface area contributed by atoms with E-state index in [9.17, 15) is 4.79 Å². The Kier molecular flexibility index (Phi) is 3.25. The van der Waals surface area contributed by atoms with Crippen LogP contribution in [0.25, 0.3) is 17.3 Å². The number of rotatable bonds is 3. The van der Waals surface area contributed by atoms with Gasteiger partial charge in [-0.05, 0) is 18.2 Å². The monoisotopic (exact) mass is 248 g/mol. The number of nitrogens with one attached hydrogen (secondary N) is 1. The second-order valence-electron chi connectivity index (χ2n) is 3.38. The summed E-state index contributed by atoms with van der Waals surface area (Å²) in [6.07, 6.45) is 4.14. The van der Waals surface area contributed by atoms with Crippen molar-refractivity contribution in [3.63, 3.8) is 0 Å². The lowest BCUT2D eigenvalue weighted by atomic mass is 10.1. The molecule has 0 spiro atoms. The molecule has 1 aromatic heterocycles. The van der Waals surface area contributed by atoms with Gasteiger partial charge in [-0.3, -0.25) is 5.10 Å². The fraction of sp³-hybridized carbons (Fsp3) is 0. The lowest BCUT2D eigenvalue weighted by molar-refractivity contribution is -0.131. The predicted molar refractivity (Wildman–Crippen MR) is 65.7 cm³/mol. The van der Waals surface area contributed by atoms with Crippen molar-refractivity contribution >= 4 is 23.6 Å². The zero-order valence-electron chi connectivity index (χ0n) is 8.72. The van der Waals surface area contributed by atoms with Crippen LogP contribution in [0.2, 0.25) is 5.02 Å². The summed E-state index contributed by atoms with van der Waals surface area (Å²) in [6, 6.07) is 7.22. The maximum Gasteiger partial charge on any atom is 0.328 e. The van der Waals surface area contributed by atoms with Crippen molar-refractivity contribution in [2.75, 3.05) is 0 Å². The second kappa shape index (κ2) is 4.84. The maximum atomic E-state index is 10.5. The highest BCUT2D eigenvalue weighted by Gasteiger charge is 2.05. The molecule has 0 aliphatic rings. The molecular weight excluding hydrogens is 240 g/mol. The molecule has 0 atom stereocenters. The van der Waals surface area contributed by atoms with Crippen molar-refractivity contribution in [1.29, 1.82) is 0 Å². The second-order valence-corrected chi connectivity index (χ2v) is 3.82. The largest absolute Gasteiger partial charge is 0.478 e. The quantitative estimate of drug-likeness (QED) is 0.821. The number of carboxylic acid groups (broad SMARTS) is 1. The van der Waals surface area contributed by atoms with Gasteiger partial charge in [0.1, 0.15) is 0 Å². The Balaban J connectivity index is 2.36. The Morgan fingerprint density at radius 1 is 1.35 bits per heavy atom. The molecule has 1 aromatic carbocycles. The average Bonchev–Trinajstić information content (AvgIpc) is 2.75. The van der Waals surface area contributed by atoms with Crippen LogP contribution in [0.1, 0.15) is 5.56 Å². The van der Waals surface area contributed by atoms with Crippen molar-refractivity contribution in [2.24, 2.45) is 0 Å². The van der Waals surface area contributed by atoms with Crippen LogP contribution < -0.4 is 0 Å². The predicted octanol–water partition coefficient (Wildman–Crippen LogP) is 2.83. The molecule has 0 saturated carbocycles. The third-order valence-corrected chi connectivity index (χ3v) is 2.46. The molecule has 0 aliphatic carbocycles. The number of hydrogen-bond donors (Lipinski definition) is 2. The van der Waals surface area contributed by atoms with Crippen molar-refractivity contribution < 1.29 is 9.90 Å². The van der Waals surface area contributed by atoms with Crippen molar-refractivity contribution in [3.8, 4) is 11.3 Å². The maximum absolute atomic E-state index is 10.5. The van der Waals surface area contributed by atoms with E-state index >= 15 is 0 Å². The molecule has 0 amide bonds. The van der Waals surface area contributed by atoms with Crippen molar-refractivity contribution in [1.82, 2.24) is 10.2 Å². The molecule has 0 saturated heterocycles. The van der Waals surface area contributed by atoms with E-state index in [1.165, 1.54) is 6.08 Å². The third kappa shape index (κ3) is 2.73. The molecule has 2 rings (SSSR count). The molecule has 4 nitrogen and oxygen atoms in total. The number of aromatic nitrogens is 2. The molecule has 2 N–H and O–H groups in total. The highest BCUT2D eigenvalue weighted by molar-refractivity contribution is 6.30. The number of benzene rings is 1. The van der Waals surface area contributed by atoms with Gasteiger partial charge in [0, 0.05) is 22.2 Å². The van der Waals surface area contributed by atoms with E-state index in [1.54, 1.807) is 18.3 Å². The highest BCUT2D eigenvalue weighted by Crippen LogP contribution is 2.23. The van der Waals surface area contributed by atoms with E-state index in [-0.39, 0.29) is 0 Å². The normalized spacial score (nSPS) is 10.9. The number of halogens is 1. The van der Waals surface area contributed by atoms with E-state index in [0.29, 0.717) is 5.02 Å². The molecule has 0 aliphatic heterocycles. The number of nitrogens with zero attached hydrogens (tertiary/aromatic N) is 1. The summed E-state index contributed by atoms with van der Waals surface area (Å²) >= 11 is 5.80. The van der Waals surface area contributed by atoms with E-state index in [2.05, 4.69) is 10.2 Å². The average molecular weight is 249 g/mol. The Morgan fingerprint density at radius 2 is 2.06 bits per heavy atom. The van der Waals surface area contributed by atoms with Gasteiger partial charge in [0.2, 0.25) is 0 Å². The van der Waals surface area contributed by atoms with E-state index in [4.69, 9.17) is 16.7 Å². The first-order valence-electron chi connectivity index (χ1n) is 4.87. The van der Waals surface area contributed by atoms with Gasteiger partial charge >= 0.3 is 5.97 Å². The fourth-order valence-electron chi connectivity index (χ4n) is 1.43. The van der Waals surface area contributed by atoms with E-state index in [1.807, 2.05) is 12.1 Å². The Labute approximate surface area is 103 Å². The van der Waals surface area contributed by atoms with Gasteiger partial charge in [-0.25, -0.2) is 4.79 Å². The molecule has 86 valence electrons. The number of carboxylic acids is 1. The summed E-state index contributed by atoms with van der Waals surface area (Å²) in [5, 5.41) is 15.9. The zero-order valence-corrected chi connectivity index (χ0v) is 9.48. The first-order chi connectivity index (χ1) is 8.16. The summed E-state index contributed by atoms with van der Waals surface area (Å²) in [5.41, 5.74) is 2.38. The van der Waals surface area contributed by atoms with Gasteiger partial charge in [-0.2, -0.15) is 5.10 Å². The molecule has 17 heavy (non-hydrogen) atoms. The summed E-state index contributed by atoms with van der Waals surface area (Å²) in [5.74, 6) is -0.992. The number of H-pyrrole nitrogens is 1. The Bertz CT molecular complexity index is 558. The van der Waals surface area contributed by atoms with Crippen molar-refractivity contribution in [2.45, 2.75) is 0 Å². The van der Waals surface area contributed by atoms with Crippen LogP contribution >= 0.6 is 11.6 Å². The minimum Gasteiger partial charge on any atom is -0.478 e. The Morgan fingerprint density at radius 3 is 2.71 bits per heavy atom. The lowest BCUT2D eigenvalue weighted by Gasteiger charge is -1.99. The first kappa shape index (κ1) is 11.4. The van der Waals surface area contributed by atoms with E-state index in [0.717, 1.165) is 22.9 Å². The third-order valence-electron chi connectivity index (χ3n) is 2.21. The molecular formula is C12H9ClN2O2. The van der Waals surface area contributed by atoms with Crippen LogP contribution in [0.5, 0.6) is 0 Å². The number of aromatic amines is 1. The molecule has 1 heterocycles.